The highest BCUT2D eigenvalue weighted by molar-refractivity contribution is 6.04. The number of carbonyl (C=O) groups excluding carboxylic acids is 7. The molecule has 426 valence electrons. The van der Waals surface area contributed by atoms with E-state index >= 15 is 28.8 Å². The first kappa shape index (κ1) is 55.4. The molecular formula is C63H70N10O9. The van der Waals surface area contributed by atoms with Gasteiger partial charge in [-0.15, -0.1) is 0 Å². The molecule has 7 amide bonds. The summed E-state index contributed by atoms with van der Waals surface area (Å²) in [7, 11) is 0. The fraction of sp³-hybridized carbons (Fsp3) is 0.381. The zero-order valence-corrected chi connectivity index (χ0v) is 45.8. The van der Waals surface area contributed by atoms with E-state index in [0.29, 0.717) is 23.5 Å². The van der Waals surface area contributed by atoms with Gasteiger partial charge in [-0.05, 0) is 109 Å². The Bertz CT molecular complexity index is 3320. The molecule has 3 aliphatic heterocycles. The number of aryl methyl sites for hydroxylation is 1. The summed E-state index contributed by atoms with van der Waals surface area (Å²) in [6, 6.07) is 35.3. The first-order chi connectivity index (χ1) is 39.8. The Hall–Kier alpha value is -8.55. The lowest BCUT2D eigenvalue weighted by molar-refractivity contribution is -0.144. The highest BCUT2D eigenvalue weighted by Crippen LogP contribution is 2.54. The molecule has 5 fully saturated rings. The Morgan fingerprint density at radius 1 is 0.695 bits per heavy atom. The third-order valence-corrected chi connectivity index (χ3v) is 17.1. The largest absolute Gasteiger partial charge is 0.489 e. The third-order valence-electron chi connectivity index (χ3n) is 17.1. The van der Waals surface area contributed by atoms with Crippen molar-refractivity contribution in [3.05, 3.63) is 173 Å². The fourth-order valence-electron chi connectivity index (χ4n) is 12.6. The number of ether oxygens (including phenoxy) is 2. The van der Waals surface area contributed by atoms with E-state index in [1.165, 1.54) is 4.90 Å². The van der Waals surface area contributed by atoms with E-state index in [4.69, 9.17) is 15.2 Å². The van der Waals surface area contributed by atoms with Crippen molar-refractivity contribution < 1.29 is 43.0 Å². The van der Waals surface area contributed by atoms with Crippen LogP contribution in [0.5, 0.6) is 5.75 Å². The van der Waals surface area contributed by atoms with Crippen molar-refractivity contribution in [3.63, 3.8) is 0 Å². The van der Waals surface area contributed by atoms with Crippen molar-refractivity contribution >= 4 is 52.4 Å². The van der Waals surface area contributed by atoms with Crippen molar-refractivity contribution in [1.29, 1.82) is 0 Å². The normalized spacial score (nSPS) is 27.0. The summed E-state index contributed by atoms with van der Waals surface area (Å²) < 4.78 is 11.9. The number of hydrogen-bond donors (Lipinski definition) is 9. The maximum absolute atomic E-state index is 15.8. The second kappa shape index (κ2) is 23.9. The minimum atomic E-state index is -1.65. The van der Waals surface area contributed by atoms with Crippen molar-refractivity contribution in [2.24, 2.45) is 17.6 Å². The molecule has 2 aliphatic carbocycles. The zero-order chi connectivity index (χ0) is 57.0. The summed E-state index contributed by atoms with van der Waals surface area (Å²) >= 11 is 0. The topological polar surface area (TPSA) is 267 Å². The molecule has 82 heavy (non-hydrogen) atoms. The average Bonchev–Trinajstić information content (AvgIpc) is 3.23. The molecule has 11 rings (SSSR count). The lowest BCUT2D eigenvalue weighted by Crippen LogP contribution is -2.63. The second-order valence-electron chi connectivity index (χ2n) is 22.5. The van der Waals surface area contributed by atoms with Crippen LogP contribution < -0.4 is 47.7 Å². The van der Waals surface area contributed by atoms with Gasteiger partial charge in [0.25, 0.3) is 0 Å². The molecule has 0 radical (unpaired) electrons. The molecule has 6 aromatic rings. The molecule has 5 aliphatic rings. The summed E-state index contributed by atoms with van der Waals surface area (Å²) in [6.45, 7) is 3.75. The second-order valence-corrected chi connectivity index (χ2v) is 22.5. The van der Waals surface area contributed by atoms with Crippen LogP contribution in [-0.2, 0) is 53.0 Å². The standard InChI is InChI=1S/C63H70N10O9/c1-38-12-11-19-49-53(38)44(35-67-49)31-51-56(75)71-62(33-47(62)42-24-27-65-28-25-42)59(78)69-50(30-39-20-22-45(23-21-39)81-37-40-13-5-2-6-14-40)55(74)72-63(34-48(63)41-15-7-3-8-16-41)60(79)73-36-46(82-61(80)66-29-26-64)32-52(73)57(76)70-54(58(77)68-51)43-17-9-4-10-18-43/h2-23,35,42,46-48,50-52,54,65,67H,24-34,36-37,64H2,1H3,(H,66,80)(H,68,77)(H,69,78)(H,70,76)(H,71,75)(H,72,74)/t46-,47+,48-,50+,51-,52+,54+,62?,63?/m1/s1. The number of nitrogens with zero attached hydrogens (tertiary/aromatic N) is 1. The molecule has 3 saturated heterocycles. The molecule has 9 atom stereocenters. The molecule has 2 saturated carbocycles. The number of nitrogens with one attached hydrogen (secondary N) is 8. The van der Waals surface area contributed by atoms with E-state index < -0.39 is 88.8 Å². The van der Waals surface area contributed by atoms with Crippen LogP contribution in [-0.4, -0.2) is 119 Å². The molecule has 5 aromatic carbocycles. The predicted molar refractivity (Wildman–Crippen MR) is 306 cm³/mol. The first-order valence-corrected chi connectivity index (χ1v) is 28.5. The molecule has 0 bridgehead atoms. The Morgan fingerprint density at radius 2 is 1.37 bits per heavy atom. The van der Waals surface area contributed by atoms with E-state index in [2.05, 4.69) is 42.2 Å². The van der Waals surface area contributed by atoms with Crippen LogP contribution in [0.2, 0.25) is 0 Å². The van der Waals surface area contributed by atoms with Crippen LogP contribution in [0.4, 0.5) is 4.79 Å². The van der Waals surface area contributed by atoms with Gasteiger partial charge in [-0.1, -0.05) is 115 Å². The van der Waals surface area contributed by atoms with Crippen LogP contribution in [0.15, 0.2) is 140 Å². The van der Waals surface area contributed by atoms with Crippen LogP contribution >= 0.6 is 0 Å². The number of nitrogens with two attached hydrogens (primary N) is 1. The molecule has 2 spiro atoms. The molecule has 1 aromatic heterocycles. The van der Waals surface area contributed by atoms with Crippen LogP contribution in [0.1, 0.15) is 77.4 Å². The Balaban J connectivity index is 1.00. The fourth-order valence-corrected chi connectivity index (χ4v) is 12.6. The highest BCUT2D eigenvalue weighted by atomic mass is 16.6. The monoisotopic (exact) mass is 1110 g/mol. The van der Waals surface area contributed by atoms with Gasteiger partial charge in [0.1, 0.15) is 53.7 Å². The SMILES string of the molecule is Cc1cccc2[nH]cc(C[C@H]3NC(=O)[C@H](c4ccccc4)NC(=O)[C@@H]4C[C@@H](OC(=O)NCCN)CN4C(=O)C4(C[C@@H]4c4ccccc4)NC(=O)[C@H](Cc4ccc(OCc5ccccc5)cc4)NC(=O)C4(C[C@H]4C4CCNCC4)NC3=O)c12. The third kappa shape index (κ3) is 11.8. The molecule has 19 heteroatoms. The molecule has 2 unspecified atom stereocenters. The molecular weight excluding hydrogens is 1040 g/mol. The van der Waals surface area contributed by atoms with E-state index in [1.807, 2.05) is 97.9 Å². The number of aromatic nitrogens is 1. The Kier molecular flexibility index (Phi) is 16.1. The van der Waals surface area contributed by atoms with Crippen molar-refractivity contribution in [2.75, 3.05) is 32.7 Å². The minimum absolute atomic E-state index is 0.00943. The number of aromatic amines is 1. The first-order valence-electron chi connectivity index (χ1n) is 28.5. The molecule has 4 heterocycles. The lowest BCUT2D eigenvalue weighted by atomic mass is 9.89. The zero-order valence-electron chi connectivity index (χ0n) is 45.8. The Labute approximate surface area is 475 Å². The highest BCUT2D eigenvalue weighted by Gasteiger charge is 2.66. The van der Waals surface area contributed by atoms with E-state index in [-0.39, 0.29) is 63.6 Å². The summed E-state index contributed by atoms with van der Waals surface area (Å²) in [5.41, 5.74) is 7.82. The number of benzene rings is 5. The van der Waals surface area contributed by atoms with Gasteiger partial charge in [0.15, 0.2) is 0 Å². The van der Waals surface area contributed by atoms with Gasteiger partial charge in [-0.3, -0.25) is 28.8 Å². The number of H-pyrrole nitrogens is 1. The predicted octanol–water partition coefficient (Wildman–Crippen LogP) is 4.25. The quantitative estimate of drug-likeness (QED) is 0.0789. The number of fused-ring (bicyclic) bond motifs is 2. The van der Waals surface area contributed by atoms with Gasteiger partial charge in [-0.2, -0.15) is 0 Å². The van der Waals surface area contributed by atoms with Crippen molar-refractivity contribution in [3.8, 4) is 5.75 Å². The van der Waals surface area contributed by atoms with Crippen molar-refractivity contribution in [2.45, 2.75) is 106 Å². The van der Waals surface area contributed by atoms with Crippen molar-refractivity contribution in [1.82, 2.24) is 47.1 Å². The maximum atomic E-state index is 15.8. The number of hydrogen-bond acceptors (Lipinski definition) is 11. The van der Waals surface area contributed by atoms with Gasteiger partial charge < -0.3 is 62.3 Å². The average molecular weight is 1110 g/mol. The van der Waals surface area contributed by atoms with Gasteiger partial charge in [0.2, 0.25) is 35.4 Å². The minimum Gasteiger partial charge on any atom is -0.489 e. The maximum Gasteiger partial charge on any atom is 0.407 e. The van der Waals surface area contributed by atoms with E-state index in [1.54, 1.807) is 48.7 Å². The van der Waals surface area contributed by atoms with Crippen LogP contribution in [0, 0.1) is 18.8 Å². The van der Waals surface area contributed by atoms with Gasteiger partial charge in [-0.25, -0.2) is 4.79 Å². The number of alkyl carbamates (subject to hydrolysis) is 1. The molecule has 10 N–H and O–H groups in total. The van der Waals surface area contributed by atoms with Gasteiger partial charge in [0, 0.05) is 55.4 Å². The number of rotatable bonds is 13. The van der Waals surface area contributed by atoms with Crippen LogP contribution in [0.3, 0.4) is 0 Å². The number of amides is 7. The Morgan fingerprint density at radius 3 is 2.07 bits per heavy atom. The summed E-state index contributed by atoms with van der Waals surface area (Å²) in [6.07, 6.45) is 1.71. The summed E-state index contributed by atoms with van der Waals surface area (Å²) in [5.74, 6) is -4.21. The summed E-state index contributed by atoms with van der Waals surface area (Å²) in [4.78, 5) is 111. The smallest absolute Gasteiger partial charge is 0.407 e. The van der Waals surface area contributed by atoms with Gasteiger partial charge >= 0.3 is 6.09 Å². The number of carbonyl (C=O) groups is 7. The lowest BCUT2D eigenvalue weighted by Gasteiger charge is -2.33. The van der Waals surface area contributed by atoms with E-state index in [0.717, 1.165) is 59.1 Å². The van der Waals surface area contributed by atoms with Gasteiger partial charge in [0.05, 0.1) is 6.54 Å². The van der Waals surface area contributed by atoms with Crippen LogP contribution in [0.25, 0.3) is 10.9 Å². The molecule has 19 nitrogen and oxygen atoms in total. The summed E-state index contributed by atoms with van der Waals surface area (Å²) in [5, 5.41) is 22.3. The van der Waals surface area contributed by atoms with E-state index in [9.17, 15) is 4.79 Å². The number of piperidine rings is 1.